The summed E-state index contributed by atoms with van der Waals surface area (Å²) >= 11 is 5.95. The Kier molecular flexibility index (Phi) is 6.20. The molecule has 5 rings (SSSR count). The molecule has 2 aromatic carbocycles. The summed E-state index contributed by atoms with van der Waals surface area (Å²) < 4.78 is 2.39. The molecule has 1 aliphatic heterocycles. The number of aromatic nitrogens is 2. The quantitative estimate of drug-likeness (QED) is 0.317. The number of nitrogens with zero attached hydrogens (tertiary/aromatic N) is 3. The van der Waals surface area contributed by atoms with Crippen LogP contribution in [-0.2, 0) is 6.42 Å². The molecule has 35 heavy (non-hydrogen) atoms. The minimum absolute atomic E-state index is 0.0201. The van der Waals surface area contributed by atoms with Crippen LogP contribution < -0.4 is 10.2 Å². The zero-order valence-electron chi connectivity index (χ0n) is 21.0. The minimum Gasteiger partial charge on any atom is -0.351 e. The number of rotatable bonds is 5. The van der Waals surface area contributed by atoms with Gasteiger partial charge in [0.1, 0.15) is 0 Å². The first kappa shape index (κ1) is 23.3. The lowest BCUT2D eigenvalue weighted by molar-refractivity contribution is 0.565. The lowest BCUT2D eigenvalue weighted by Crippen LogP contribution is -2.29. The monoisotopic (exact) mass is 480 g/mol. The van der Waals surface area contributed by atoms with Crippen molar-refractivity contribution in [2.75, 3.05) is 4.90 Å². The van der Waals surface area contributed by atoms with Crippen molar-refractivity contribution >= 4 is 23.0 Å². The molecule has 0 bridgehead atoms. The van der Waals surface area contributed by atoms with Gasteiger partial charge in [0.15, 0.2) is 5.11 Å². The van der Waals surface area contributed by atoms with Crippen LogP contribution in [0.5, 0.6) is 0 Å². The Bertz CT molecular complexity index is 1390. The number of benzene rings is 2. The Morgan fingerprint density at radius 3 is 2.40 bits per heavy atom. The number of aryl methyl sites for hydroxylation is 4. The van der Waals surface area contributed by atoms with Crippen LogP contribution in [0.1, 0.15) is 58.3 Å². The van der Waals surface area contributed by atoms with Crippen LogP contribution in [-0.4, -0.2) is 14.7 Å². The van der Waals surface area contributed by atoms with E-state index in [2.05, 4.69) is 104 Å². The summed E-state index contributed by atoms with van der Waals surface area (Å²) in [5, 5.41) is 4.33. The van der Waals surface area contributed by atoms with Crippen molar-refractivity contribution in [3.63, 3.8) is 0 Å². The number of thiocarbonyl (C=S) groups is 1. The zero-order valence-corrected chi connectivity index (χ0v) is 21.9. The van der Waals surface area contributed by atoms with Gasteiger partial charge in [0, 0.05) is 29.0 Å². The maximum atomic E-state index is 5.95. The average molecular weight is 481 g/mol. The average Bonchev–Trinajstić information content (AvgIpc) is 3.36. The lowest BCUT2D eigenvalue weighted by Gasteiger charge is -2.28. The predicted octanol–water partition coefficient (Wildman–Crippen LogP) is 6.85. The fraction of sp³-hybridized carbons (Fsp3) is 0.267. The zero-order chi connectivity index (χ0) is 24.7. The molecule has 5 heteroatoms. The molecule has 1 saturated heterocycles. The first-order chi connectivity index (χ1) is 16.9. The molecular weight excluding hydrogens is 448 g/mol. The fourth-order valence-electron chi connectivity index (χ4n) is 5.31. The SMILES string of the molecule is CCc1ccccc1-n1c(C)cc([C@H]2[C@@H](c3ccccn3)NC(=S)N2c2ccc(C)c(C)c2)c1C. The molecule has 1 fully saturated rings. The van der Waals surface area contributed by atoms with E-state index < -0.39 is 0 Å². The maximum absolute atomic E-state index is 5.95. The molecular formula is C30H32N4S. The molecule has 1 aliphatic rings. The molecule has 4 nitrogen and oxygen atoms in total. The molecule has 0 amide bonds. The fourth-order valence-corrected chi connectivity index (χ4v) is 5.66. The van der Waals surface area contributed by atoms with Gasteiger partial charge in [-0.2, -0.15) is 0 Å². The van der Waals surface area contributed by atoms with E-state index in [9.17, 15) is 0 Å². The summed E-state index contributed by atoms with van der Waals surface area (Å²) in [6.07, 6.45) is 2.85. The number of pyridine rings is 1. The van der Waals surface area contributed by atoms with E-state index in [0.29, 0.717) is 0 Å². The molecule has 2 atom stereocenters. The standard InChI is InChI=1S/C30H32N4S/c1-6-23-11-7-8-13-27(23)33-21(4)18-25(22(33)5)29-28(26-12-9-10-16-31-26)32-30(35)34(29)24-15-14-19(2)20(3)17-24/h7-18,28-29H,6H2,1-5H3,(H,32,35)/t28-,29+/m1/s1. The van der Waals surface area contributed by atoms with Crippen molar-refractivity contribution in [3.8, 4) is 5.69 Å². The molecule has 2 aromatic heterocycles. The highest BCUT2D eigenvalue weighted by Crippen LogP contribution is 2.44. The summed E-state index contributed by atoms with van der Waals surface area (Å²) in [4.78, 5) is 7.00. The Hall–Kier alpha value is -3.44. The van der Waals surface area contributed by atoms with E-state index in [4.69, 9.17) is 17.2 Å². The van der Waals surface area contributed by atoms with Crippen LogP contribution in [0.25, 0.3) is 5.69 Å². The van der Waals surface area contributed by atoms with Crippen molar-refractivity contribution in [3.05, 3.63) is 112 Å². The van der Waals surface area contributed by atoms with Gasteiger partial charge in [-0.1, -0.05) is 37.3 Å². The van der Waals surface area contributed by atoms with Crippen molar-refractivity contribution < 1.29 is 0 Å². The van der Waals surface area contributed by atoms with Crippen molar-refractivity contribution in [2.24, 2.45) is 0 Å². The number of hydrogen-bond donors (Lipinski definition) is 1. The lowest BCUT2D eigenvalue weighted by atomic mass is 9.96. The minimum atomic E-state index is -0.0549. The van der Waals surface area contributed by atoms with E-state index in [1.807, 2.05) is 18.3 Å². The third kappa shape index (κ3) is 4.04. The molecule has 1 N–H and O–H groups in total. The third-order valence-corrected chi connectivity index (χ3v) is 7.58. The smallest absolute Gasteiger partial charge is 0.174 e. The highest BCUT2D eigenvalue weighted by Gasteiger charge is 2.42. The van der Waals surface area contributed by atoms with Crippen molar-refractivity contribution in [1.29, 1.82) is 0 Å². The predicted molar refractivity (Wildman–Crippen MR) is 148 cm³/mol. The molecule has 0 aliphatic carbocycles. The summed E-state index contributed by atoms with van der Waals surface area (Å²) in [5.74, 6) is 0. The second-order valence-electron chi connectivity index (χ2n) is 9.41. The summed E-state index contributed by atoms with van der Waals surface area (Å²) in [6.45, 7) is 10.9. The van der Waals surface area contributed by atoms with Crippen molar-refractivity contribution in [2.45, 2.75) is 53.1 Å². The molecule has 178 valence electrons. The summed E-state index contributed by atoms with van der Waals surface area (Å²) in [6, 6.07) is 23.6. The van der Waals surface area contributed by atoms with Crippen LogP contribution in [0.3, 0.4) is 0 Å². The van der Waals surface area contributed by atoms with E-state index in [-0.39, 0.29) is 12.1 Å². The molecule has 0 spiro atoms. The number of anilines is 1. The highest BCUT2D eigenvalue weighted by molar-refractivity contribution is 7.80. The maximum Gasteiger partial charge on any atom is 0.174 e. The van der Waals surface area contributed by atoms with Gasteiger partial charge in [-0.25, -0.2) is 0 Å². The van der Waals surface area contributed by atoms with Crippen LogP contribution in [0, 0.1) is 27.7 Å². The molecule has 0 saturated carbocycles. The topological polar surface area (TPSA) is 33.1 Å². The number of hydrogen-bond acceptors (Lipinski definition) is 2. The van der Waals surface area contributed by atoms with Gasteiger partial charge in [0.2, 0.25) is 0 Å². The van der Waals surface area contributed by atoms with E-state index in [0.717, 1.165) is 22.9 Å². The Morgan fingerprint density at radius 2 is 1.69 bits per heavy atom. The van der Waals surface area contributed by atoms with Gasteiger partial charge >= 0.3 is 0 Å². The van der Waals surface area contributed by atoms with Crippen LogP contribution >= 0.6 is 12.2 Å². The number of para-hydroxylation sites is 1. The van der Waals surface area contributed by atoms with E-state index in [1.54, 1.807) is 0 Å². The van der Waals surface area contributed by atoms with Gasteiger partial charge in [0.25, 0.3) is 0 Å². The highest BCUT2D eigenvalue weighted by atomic mass is 32.1. The second kappa shape index (κ2) is 9.31. The summed E-state index contributed by atoms with van der Waals surface area (Å²) in [7, 11) is 0. The van der Waals surface area contributed by atoms with Gasteiger partial charge in [-0.05, 0) is 105 Å². The summed E-state index contributed by atoms with van der Waals surface area (Å²) in [5.41, 5.74) is 10.9. The van der Waals surface area contributed by atoms with Gasteiger partial charge in [0.05, 0.1) is 17.8 Å². The van der Waals surface area contributed by atoms with E-state index in [1.165, 1.54) is 39.3 Å². The van der Waals surface area contributed by atoms with Gasteiger partial charge < -0.3 is 14.8 Å². The first-order valence-corrected chi connectivity index (χ1v) is 12.7. The Morgan fingerprint density at radius 1 is 0.914 bits per heavy atom. The molecule has 4 aromatic rings. The van der Waals surface area contributed by atoms with E-state index >= 15 is 0 Å². The Labute approximate surface area is 213 Å². The largest absolute Gasteiger partial charge is 0.351 e. The number of nitrogens with one attached hydrogen (secondary N) is 1. The normalized spacial score (nSPS) is 17.6. The van der Waals surface area contributed by atoms with Crippen LogP contribution in [0.2, 0.25) is 0 Å². The molecule has 0 unspecified atom stereocenters. The molecule has 3 heterocycles. The van der Waals surface area contributed by atoms with Crippen molar-refractivity contribution in [1.82, 2.24) is 14.9 Å². The van der Waals surface area contributed by atoms with Gasteiger partial charge in [-0.3, -0.25) is 4.98 Å². The molecule has 0 radical (unpaired) electrons. The van der Waals surface area contributed by atoms with Crippen LogP contribution in [0.15, 0.2) is 72.9 Å². The second-order valence-corrected chi connectivity index (χ2v) is 9.80. The van der Waals surface area contributed by atoms with Gasteiger partial charge in [-0.15, -0.1) is 0 Å². The third-order valence-electron chi connectivity index (χ3n) is 7.27. The first-order valence-electron chi connectivity index (χ1n) is 12.3. The van der Waals surface area contributed by atoms with Crippen LogP contribution in [0.4, 0.5) is 5.69 Å². The Balaban J connectivity index is 1.70.